The molecule has 0 spiro atoms. The van der Waals surface area contributed by atoms with E-state index in [0.717, 1.165) is 12.5 Å². The normalized spacial score (nSPS) is 11.8. The van der Waals surface area contributed by atoms with Crippen molar-refractivity contribution in [3.05, 3.63) is 23.3 Å². The SMILES string of the molecule is CC(C)c1nc(CS(C)(=O)=O)ncc1C(=O)O. The maximum absolute atomic E-state index is 11.1. The fourth-order valence-electron chi connectivity index (χ4n) is 1.34. The van der Waals surface area contributed by atoms with Gasteiger partial charge in [-0.05, 0) is 5.92 Å². The quantitative estimate of drug-likeness (QED) is 0.859. The summed E-state index contributed by atoms with van der Waals surface area (Å²) >= 11 is 0. The molecule has 0 aliphatic carbocycles. The van der Waals surface area contributed by atoms with Crippen molar-refractivity contribution >= 4 is 15.8 Å². The molecule has 7 heteroatoms. The number of hydrogen-bond acceptors (Lipinski definition) is 5. The molecule has 0 amide bonds. The molecule has 94 valence electrons. The molecule has 0 unspecified atom stereocenters. The zero-order valence-corrected chi connectivity index (χ0v) is 10.7. The van der Waals surface area contributed by atoms with Gasteiger partial charge in [-0.25, -0.2) is 23.2 Å². The minimum Gasteiger partial charge on any atom is -0.478 e. The van der Waals surface area contributed by atoms with Crippen LogP contribution in [0.2, 0.25) is 0 Å². The number of nitrogens with zero attached hydrogens (tertiary/aromatic N) is 2. The Labute approximate surface area is 99.6 Å². The lowest BCUT2D eigenvalue weighted by Crippen LogP contribution is -2.12. The van der Waals surface area contributed by atoms with E-state index in [-0.39, 0.29) is 23.1 Å². The van der Waals surface area contributed by atoms with Gasteiger partial charge in [-0.1, -0.05) is 13.8 Å². The van der Waals surface area contributed by atoms with Crippen LogP contribution in [0.1, 0.15) is 41.6 Å². The van der Waals surface area contributed by atoms with Crippen molar-refractivity contribution in [3.63, 3.8) is 0 Å². The van der Waals surface area contributed by atoms with E-state index in [0.29, 0.717) is 5.69 Å². The Hall–Kier alpha value is -1.50. The molecule has 0 saturated carbocycles. The van der Waals surface area contributed by atoms with E-state index in [2.05, 4.69) is 9.97 Å². The molecule has 0 fully saturated rings. The zero-order chi connectivity index (χ0) is 13.2. The second kappa shape index (κ2) is 4.79. The first-order valence-corrected chi connectivity index (χ1v) is 7.03. The van der Waals surface area contributed by atoms with E-state index >= 15 is 0 Å². The Morgan fingerprint density at radius 1 is 1.47 bits per heavy atom. The molecule has 0 atom stereocenters. The number of carboxylic acid groups (broad SMARTS) is 1. The van der Waals surface area contributed by atoms with Gasteiger partial charge in [-0.3, -0.25) is 0 Å². The average molecular weight is 258 g/mol. The predicted octanol–water partition coefficient (Wildman–Crippen LogP) is 0.843. The zero-order valence-electron chi connectivity index (χ0n) is 9.84. The molecule has 0 saturated heterocycles. The fraction of sp³-hybridized carbons (Fsp3) is 0.500. The fourth-order valence-corrected chi connectivity index (χ4v) is 1.95. The van der Waals surface area contributed by atoms with Crippen LogP contribution in [0.5, 0.6) is 0 Å². The van der Waals surface area contributed by atoms with Crippen molar-refractivity contribution in [2.75, 3.05) is 6.26 Å². The minimum atomic E-state index is -3.23. The molecule has 1 heterocycles. The van der Waals surface area contributed by atoms with Gasteiger partial charge in [0.1, 0.15) is 11.6 Å². The van der Waals surface area contributed by atoms with Gasteiger partial charge in [-0.15, -0.1) is 0 Å². The first-order valence-electron chi connectivity index (χ1n) is 4.97. The molecule has 0 aliphatic rings. The second-order valence-electron chi connectivity index (χ2n) is 4.12. The highest BCUT2D eigenvalue weighted by Crippen LogP contribution is 2.17. The van der Waals surface area contributed by atoms with E-state index in [1.54, 1.807) is 13.8 Å². The lowest BCUT2D eigenvalue weighted by atomic mass is 10.1. The number of aromatic carboxylic acids is 1. The van der Waals surface area contributed by atoms with Crippen molar-refractivity contribution in [1.29, 1.82) is 0 Å². The Morgan fingerprint density at radius 3 is 2.47 bits per heavy atom. The minimum absolute atomic E-state index is 0.0113. The average Bonchev–Trinajstić information content (AvgIpc) is 2.14. The Morgan fingerprint density at radius 2 is 2.06 bits per heavy atom. The van der Waals surface area contributed by atoms with E-state index in [1.165, 1.54) is 0 Å². The summed E-state index contributed by atoms with van der Waals surface area (Å²) in [6.45, 7) is 3.58. The highest BCUT2D eigenvalue weighted by Gasteiger charge is 2.17. The standard InChI is InChI=1S/C10H14N2O4S/c1-6(2)9-7(10(13)14)4-11-8(12-9)5-17(3,15)16/h4,6H,5H2,1-3H3,(H,13,14). The number of carboxylic acids is 1. The summed E-state index contributed by atoms with van der Waals surface area (Å²) in [5.74, 6) is -1.38. The van der Waals surface area contributed by atoms with Gasteiger partial charge < -0.3 is 5.11 Å². The lowest BCUT2D eigenvalue weighted by Gasteiger charge is -2.09. The molecule has 0 radical (unpaired) electrons. The third-order valence-electron chi connectivity index (χ3n) is 2.04. The molecular weight excluding hydrogens is 244 g/mol. The third-order valence-corrected chi connectivity index (χ3v) is 2.82. The molecule has 1 aromatic rings. The molecular formula is C10H14N2O4S. The summed E-state index contributed by atoms with van der Waals surface area (Å²) in [5.41, 5.74) is 0.364. The summed E-state index contributed by atoms with van der Waals surface area (Å²) in [6, 6.07) is 0. The maximum Gasteiger partial charge on any atom is 0.339 e. The van der Waals surface area contributed by atoms with Crippen LogP contribution in [0.15, 0.2) is 6.20 Å². The molecule has 0 bridgehead atoms. The van der Waals surface area contributed by atoms with Gasteiger partial charge >= 0.3 is 5.97 Å². The van der Waals surface area contributed by atoms with Crippen molar-refractivity contribution in [2.24, 2.45) is 0 Å². The van der Waals surface area contributed by atoms with Crippen LogP contribution in [-0.4, -0.2) is 35.7 Å². The number of aromatic nitrogens is 2. The Bertz CT molecular complexity index is 537. The van der Waals surface area contributed by atoms with Gasteiger partial charge in [0.15, 0.2) is 9.84 Å². The number of carbonyl (C=O) groups is 1. The smallest absolute Gasteiger partial charge is 0.339 e. The molecule has 0 aliphatic heterocycles. The summed E-state index contributed by atoms with van der Waals surface area (Å²) in [7, 11) is -3.23. The third kappa shape index (κ3) is 3.77. The molecule has 0 aromatic carbocycles. The van der Waals surface area contributed by atoms with Crippen LogP contribution in [0.4, 0.5) is 0 Å². The second-order valence-corrected chi connectivity index (χ2v) is 6.26. The molecule has 6 nitrogen and oxygen atoms in total. The molecule has 17 heavy (non-hydrogen) atoms. The lowest BCUT2D eigenvalue weighted by molar-refractivity contribution is 0.0694. The summed E-state index contributed by atoms with van der Waals surface area (Å²) in [4.78, 5) is 18.7. The van der Waals surface area contributed by atoms with Gasteiger partial charge in [0.25, 0.3) is 0 Å². The van der Waals surface area contributed by atoms with E-state index in [9.17, 15) is 13.2 Å². The van der Waals surface area contributed by atoms with Crippen LogP contribution in [-0.2, 0) is 15.6 Å². The summed E-state index contributed by atoms with van der Waals surface area (Å²) < 4.78 is 22.2. The monoisotopic (exact) mass is 258 g/mol. The summed E-state index contributed by atoms with van der Waals surface area (Å²) in [6.07, 6.45) is 2.24. The number of rotatable bonds is 4. The van der Waals surface area contributed by atoms with Crippen LogP contribution in [0.3, 0.4) is 0 Å². The topological polar surface area (TPSA) is 97.2 Å². The molecule has 1 N–H and O–H groups in total. The van der Waals surface area contributed by atoms with Gasteiger partial charge in [-0.2, -0.15) is 0 Å². The van der Waals surface area contributed by atoms with E-state index < -0.39 is 15.8 Å². The molecule has 1 aromatic heterocycles. The number of hydrogen-bond donors (Lipinski definition) is 1. The first kappa shape index (κ1) is 13.6. The van der Waals surface area contributed by atoms with Crippen LogP contribution >= 0.6 is 0 Å². The Balaban J connectivity index is 3.24. The van der Waals surface area contributed by atoms with Gasteiger partial charge in [0.05, 0.1) is 11.3 Å². The Kier molecular flexibility index (Phi) is 3.82. The highest BCUT2D eigenvalue weighted by molar-refractivity contribution is 7.89. The van der Waals surface area contributed by atoms with Gasteiger partial charge in [0.2, 0.25) is 0 Å². The van der Waals surface area contributed by atoms with Crippen molar-refractivity contribution in [3.8, 4) is 0 Å². The van der Waals surface area contributed by atoms with Crippen LogP contribution in [0, 0.1) is 0 Å². The van der Waals surface area contributed by atoms with Crippen molar-refractivity contribution < 1.29 is 18.3 Å². The van der Waals surface area contributed by atoms with Crippen molar-refractivity contribution in [1.82, 2.24) is 9.97 Å². The van der Waals surface area contributed by atoms with E-state index in [1.807, 2.05) is 0 Å². The largest absolute Gasteiger partial charge is 0.478 e. The highest BCUT2D eigenvalue weighted by atomic mass is 32.2. The van der Waals surface area contributed by atoms with Crippen LogP contribution < -0.4 is 0 Å². The van der Waals surface area contributed by atoms with E-state index in [4.69, 9.17) is 5.11 Å². The first-order chi connectivity index (χ1) is 7.70. The number of sulfone groups is 1. The van der Waals surface area contributed by atoms with Gasteiger partial charge in [0, 0.05) is 12.5 Å². The van der Waals surface area contributed by atoms with Crippen molar-refractivity contribution in [2.45, 2.75) is 25.5 Å². The van der Waals surface area contributed by atoms with Crippen LogP contribution in [0.25, 0.3) is 0 Å². The summed E-state index contributed by atoms with van der Waals surface area (Å²) in [5, 5.41) is 8.94. The predicted molar refractivity (Wildman–Crippen MR) is 61.6 cm³/mol. The molecule has 1 rings (SSSR count). The maximum atomic E-state index is 11.1.